The van der Waals surface area contributed by atoms with Gasteiger partial charge in [0.2, 0.25) is 0 Å². The van der Waals surface area contributed by atoms with Crippen molar-refractivity contribution in [3.8, 4) is 5.75 Å². The number of aryl methyl sites for hydroxylation is 1. The van der Waals surface area contributed by atoms with E-state index in [1.165, 1.54) is 0 Å². The van der Waals surface area contributed by atoms with Crippen LogP contribution < -0.4 is 10.2 Å². The second-order valence-corrected chi connectivity index (χ2v) is 5.64. The summed E-state index contributed by atoms with van der Waals surface area (Å²) in [5, 5.41) is 6.04. The molecule has 110 valence electrons. The molecule has 0 bridgehead atoms. The van der Waals surface area contributed by atoms with Gasteiger partial charge in [0, 0.05) is 4.88 Å². The second-order valence-electron chi connectivity index (χ2n) is 4.70. The largest absolute Gasteiger partial charge is 0.483 e. The molecule has 0 unspecified atom stereocenters. The molecule has 0 saturated carbocycles. The second kappa shape index (κ2) is 7.04. The maximum Gasteiger partial charge on any atom is 0.277 e. The number of carbonyl (C=O) groups is 1. The van der Waals surface area contributed by atoms with Crippen LogP contribution in [0.1, 0.15) is 22.9 Å². The van der Waals surface area contributed by atoms with E-state index in [9.17, 15) is 4.79 Å². The van der Waals surface area contributed by atoms with Crippen LogP contribution in [0, 0.1) is 13.8 Å². The molecule has 21 heavy (non-hydrogen) atoms. The van der Waals surface area contributed by atoms with E-state index in [4.69, 9.17) is 4.74 Å². The zero-order valence-electron chi connectivity index (χ0n) is 12.3. The van der Waals surface area contributed by atoms with Crippen LogP contribution in [0.5, 0.6) is 5.75 Å². The van der Waals surface area contributed by atoms with E-state index in [1.807, 2.05) is 56.5 Å². The van der Waals surface area contributed by atoms with Gasteiger partial charge in [0.05, 0.1) is 5.71 Å². The van der Waals surface area contributed by atoms with E-state index in [2.05, 4.69) is 10.5 Å². The number of amides is 1. The molecule has 4 nitrogen and oxygen atoms in total. The van der Waals surface area contributed by atoms with Crippen LogP contribution in [0.25, 0.3) is 0 Å². The van der Waals surface area contributed by atoms with Crippen molar-refractivity contribution in [2.75, 3.05) is 6.61 Å². The van der Waals surface area contributed by atoms with Crippen molar-refractivity contribution in [1.29, 1.82) is 0 Å². The van der Waals surface area contributed by atoms with Crippen LogP contribution in [0.3, 0.4) is 0 Å². The molecule has 1 aromatic carbocycles. The van der Waals surface area contributed by atoms with Gasteiger partial charge < -0.3 is 4.74 Å². The van der Waals surface area contributed by atoms with Crippen LogP contribution in [-0.2, 0) is 4.79 Å². The van der Waals surface area contributed by atoms with Gasteiger partial charge in [-0.05, 0) is 49.4 Å². The Balaban J connectivity index is 1.88. The van der Waals surface area contributed by atoms with E-state index in [1.54, 1.807) is 11.3 Å². The highest BCUT2D eigenvalue weighted by molar-refractivity contribution is 7.12. The lowest BCUT2D eigenvalue weighted by atomic mass is 10.1. The summed E-state index contributed by atoms with van der Waals surface area (Å²) in [6, 6.07) is 9.69. The Labute approximate surface area is 128 Å². The lowest BCUT2D eigenvalue weighted by molar-refractivity contribution is -0.123. The van der Waals surface area contributed by atoms with Crippen LogP contribution in [0.4, 0.5) is 0 Å². The summed E-state index contributed by atoms with van der Waals surface area (Å²) in [4.78, 5) is 12.8. The zero-order valence-corrected chi connectivity index (χ0v) is 13.2. The highest BCUT2D eigenvalue weighted by Crippen LogP contribution is 2.20. The molecule has 0 fully saturated rings. The van der Waals surface area contributed by atoms with E-state index in [0.29, 0.717) is 0 Å². The third kappa shape index (κ3) is 4.16. The molecule has 1 aromatic heterocycles. The highest BCUT2D eigenvalue weighted by Gasteiger charge is 2.06. The molecule has 0 spiro atoms. The molecule has 0 atom stereocenters. The Hall–Kier alpha value is -2.14. The Morgan fingerprint density at radius 3 is 2.81 bits per heavy atom. The number of carbonyl (C=O) groups excluding carboxylic acids is 1. The van der Waals surface area contributed by atoms with Crippen LogP contribution >= 0.6 is 11.3 Å². The van der Waals surface area contributed by atoms with Gasteiger partial charge in [0.25, 0.3) is 5.91 Å². The van der Waals surface area contributed by atoms with Crippen LogP contribution in [-0.4, -0.2) is 18.2 Å². The van der Waals surface area contributed by atoms with Gasteiger partial charge in [0.15, 0.2) is 6.61 Å². The molecular weight excluding hydrogens is 284 g/mol. The molecule has 0 aliphatic heterocycles. The van der Waals surface area contributed by atoms with Crippen molar-refractivity contribution in [3.05, 3.63) is 51.7 Å². The first-order valence-electron chi connectivity index (χ1n) is 6.64. The normalized spacial score (nSPS) is 11.3. The minimum absolute atomic E-state index is 0.0501. The van der Waals surface area contributed by atoms with E-state index in [0.717, 1.165) is 27.5 Å². The minimum Gasteiger partial charge on any atom is -0.483 e. The smallest absolute Gasteiger partial charge is 0.277 e. The standard InChI is InChI=1S/C16H18N2O2S/c1-11-6-4-7-14(12(11)2)20-10-16(19)18-17-13(3)15-8-5-9-21-15/h4-9H,10H2,1-3H3,(H,18,19)/b17-13-. The first kappa shape index (κ1) is 15.3. The van der Waals surface area contributed by atoms with Crippen molar-refractivity contribution in [2.24, 2.45) is 5.10 Å². The number of rotatable bonds is 5. The molecule has 1 N–H and O–H groups in total. The van der Waals surface area contributed by atoms with E-state index >= 15 is 0 Å². The van der Waals surface area contributed by atoms with Crippen molar-refractivity contribution < 1.29 is 9.53 Å². The fraction of sp³-hybridized carbons (Fsp3) is 0.250. The number of hydrogen-bond acceptors (Lipinski definition) is 4. The van der Waals surface area contributed by atoms with Crippen molar-refractivity contribution in [2.45, 2.75) is 20.8 Å². The lowest BCUT2D eigenvalue weighted by Gasteiger charge is -2.09. The maximum absolute atomic E-state index is 11.7. The van der Waals surface area contributed by atoms with Gasteiger partial charge in [0.1, 0.15) is 5.75 Å². The predicted molar refractivity (Wildman–Crippen MR) is 86.1 cm³/mol. The van der Waals surface area contributed by atoms with E-state index < -0.39 is 0 Å². The average molecular weight is 302 g/mol. The summed E-state index contributed by atoms with van der Waals surface area (Å²) < 4.78 is 5.52. The number of benzene rings is 1. The minimum atomic E-state index is -0.271. The summed E-state index contributed by atoms with van der Waals surface area (Å²) >= 11 is 1.58. The fourth-order valence-electron chi connectivity index (χ4n) is 1.74. The van der Waals surface area contributed by atoms with Crippen LogP contribution in [0.15, 0.2) is 40.8 Å². The Kier molecular flexibility index (Phi) is 5.11. The van der Waals surface area contributed by atoms with Crippen molar-refractivity contribution in [1.82, 2.24) is 5.43 Å². The first-order valence-corrected chi connectivity index (χ1v) is 7.52. The number of hydrogen-bond donors (Lipinski definition) is 1. The third-order valence-electron chi connectivity index (χ3n) is 3.14. The average Bonchev–Trinajstić information content (AvgIpc) is 3.00. The quantitative estimate of drug-likeness (QED) is 0.680. The van der Waals surface area contributed by atoms with Gasteiger partial charge in [-0.25, -0.2) is 5.43 Å². The van der Waals surface area contributed by atoms with Gasteiger partial charge in [-0.15, -0.1) is 11.3 Å². The Bertz CT molecular complexity index is 648. The number of thiophene rings is 1. The monoisotopic (exact) mass is 302 g/mol. The topological polar surface area (TPSA) is 50.7 Å². The van der Waals surface area contributed by atoms with Gasteiger partial charge in [-0.1, -0.05) is 18.2 Å². The Morgan fingerprint density at radius 1 is 1.29 bits per heavy atom. The Morgan fingerprint density at radius 2 is 2.10 bits per heavy atom. The summed E-state index contributed by atoms with van der Waals surface area (Å²) in [5.74, 6) is 0.455. The molecule has 2 rings (SSSR count). The van der Waals surface area contributed by atoms with Crippen molar-refractivity contribution >= 4 is 23.0 Å². The predicted octanol–water partition coefficient (Wildman–Crippen LogP) is 3.28. The maximum atomic E-state index is 11.7. The summed E-state index contributed by atoms with van der Waals surface area (Å²) in [5.41, 5.74) is 5.47. The number of nitrogens with zero attached hydrogens (tertiary/aromatic N) is 1. The first-order chi connectivity index (χ1) is 10.1. The van der Waals surface area contributed by atoms with Gasteiger partial charge in [-0.3, -0.25) is 4.79 Å². The fourth-order valence-corrected chi connectivity index (χ4v) is 2.42. The molecular formula is C16H18N2O2S. The van der Waals surface area contributed by atoms with Gasteiger partial charge in [-0.2, -0.15) is 5.10 Å². The summed E-state index contributed by atoms with van der Waals surface area (Å²) in [6.45, 7) is 5.79. The van der Waals surface area contributed by atoms with E-state index in [-0.39, 0.29) is 12.5 Å². The summed E-state index contributed by atoms with van der Waals surface area (Å²) in [6.07, 6.45) is 0. The number of hydrazone groups is 1. The molecule has 1 amide bonds. The molecule has 0 aliphatic carbocycles. The molecule has 0 radical (unpaired) electrons. The molecule has 0 aliphatic rings. The number of ether oxygens (including phenoxy) is 1. The molecule has 1 heterocycles. The molecule has 5 heteroatoms. The van der Waals surface area contributed by atoms with Crippen LogP contribution in [0.2, 0.25) is 0 Å². The lowest BCUT2D eigenvalue weighted by Crippen LogP contribution is -2.25. The molecule has 0 saturated heterocycles. The zero-order chi connectivity index (χ0) is 15.2. The summed E-state index contributed by atoms with van der Waals surface area (Å²) in [7, 11) is 0. The molecule has 2 aromatic rings. The van der Waals surface area contributed by atoms with Gasteiger partial charge >= 0.3 is 0 Å². The van der Waals surface area contributed by atoms with Crippen molar-refractivity contribution in [3.63, 3.8) is 0 Å². The third-order valence-corrected chi connectivity index (χ3v) is 4.12. The highest BCUT2D eigenvalue weighted by atomic mass is 32.1. The SMILES string of the molecule is C/C(=N/NC(=O)COc1cccc(C)c1C)c1cccs1. The number of nitrogens with one attached hydrogen (secondary N) is 1.